The Hall–Kier alpha value is -3.44. The monoisotopic (exact) mass is 497 g/mol. The third-order valence-electron chi connectivity index (χ3n) is 7.34. The molecule has 0 spiro atoms. The second kappa shape index (κ2) is 10.3. The molecular formula is C31H31NO3S. The highest BCUT2D eigenvalue weighted by Gasteiger charge is 2.25. The number of carboxylic acids is 1. The van der Waals surface area contributed by atoms with Gasteiger partial charge in [-0.25, -0.2) is 9.78 Å². The normalized spacial score (nSPS) is 15.1. The Morgan fingerprint density at radius 3 is 2.53 bits per heavy atom. The third-order valence-corrected chi connectivity index (χ3v) is 8.38. The molecule has 0 aliphatic heterocycles. The minimum absolute atomic E-state index is 0.412. The highest BCUT2D eigenvalue weighted by Crippen LogP contribution is 2.43. The van der Waals surface area contributed by atoms with Gasteiger partial charge in [0.2, 0.25) is 0 Å². The van der Waals surface area contributed by atoms with Gasteiger partial charge in [0.15, 0.2) is 0 Å². The zero-order valence-corrected chi connectivity index (χ0v) is 21.8. The van der Waals surface area contributed by atoms with Crippen LogP contribution in [-0.4, -0.2) is 23.2 Å². The fraction of sp³-hybridized carbons (Fsp3) is 0.290. The number of hydrogen-bond donors (Lipinski definition) is 1. The lowest BCUT2D eigenvalue weighted by molar-refractivity contribution is 0.0702. The number of hydrogen-bond acceptors (Lipinski definition) is 4. The second-order valence-electron chi connectivity index (χ2n) is 9.56. The Morgan fingerprint density at radius 1 is 1.03 bits per heavy atom. The van der Waals surface area contributed by atoms with E-state index in [0.29, 0.717) is 10.8 Å². The second-order valence-corrected chi connectivity index (χ2v) is 10.8. The van der Waals surface area contributed by atoms with E-state index in [2.05, 4.69) is 31.2 Å². The van der Waals surface area contributed by atoms with E-state index < -0.39 is 5.97 Å². The van der Waals surface area contributed by atoms with Crippen LogP contribution in [0.1, 0.15) is 64.7 Å². The van der Waals surface area contributed by atoms with Crippen LogP contribution < -0.4 is 4.74 Å². The van der Waals surface area contributed by atoms with E-state index in [1.54, 1.807) is 7.11 Å². The molecule has 2 aromatic heterocycles. The van der Waals surface area contributed by atoms with Crippen molar-refractivity contribution in [2.75, 3.05) is 7.11 Å². The lowest BCUT2D eigenvalue weighted by atomic mass is 9.78. The van der Waals surface area contributed by atoms with E-state index >= 15 is 0 Å². The van der Waals surface area contributed by atoms with Crippen molar-refractivity contribution >= 4 is 39.4 Å². The zero-order valence-electron chi connectivity index (χ0n) is 21.0. The first-order valence-corrected chi connectivity index (χ1v) is 13.4. The van der Waals surface area contributed by atoms with Crippen LogP contribution >= 0.6 is 11.3 Å². The number of allylic oxidation sites excluding steroid dienone is 2. The van der Waals surface area contributed by atoms with Gasteiger partial charge in [-0.2, -0.15) is 0 Å². The van der Waals surface area contributed by atoms with Gasteiger partial charge in [-0.3, -0.25) is 0 Å². The summed E-state index contributed by atoms with van der Waals surface area (Å²) in [5, 5.41) is 10.7. The molecule has 5 heteroatoms. The molecule has 36 heavy (non-hydrogen) atoms. The number of rotatable bonds is 6. The first-order chi connectivity index (χ1) is 17.5. The Balaban J connectivity index is 1.60. The fourth-order valence-corrected chi connectivity index (χ4v) is 6.37. The zero-order chi connectivity index (χ0) is 25.2. The summed E-state index contributed by atoms with van der Waals surface area (Å²) in [6.45, 7) is 4.24. The maximum absolute atomic E-state index is 11.7. The van der Waals surface area contributed by atoms with Gasteiger partial charge < -0.3 is 9.84 Å². The van der Waals surface area contributed by atoms with Crippen LogP contribution in [0.4, 0.5) is 0 Å². The van der Waals surface area contributed by atoms with E-state index in [-0.39, 0.29) is 0 Å². The Kier molecular flexibility index (Phi) is 6.92. The van der Waals surface area contributed by atoms with Crippen LogP contribution in [0.15, 0.2) is 60.7 Å². The average molecular weight is 498 g/mol. The minimum atomic E-state index is -0.849. The summed E-state index contributed by atoms with van der Waals surface area (Å²) in [6, 6.07) is 20.5. The molecule has 1 fully saturated rings. The molecule has 2 aromatic carbocycles. The van der Waals surface area contributed by atoms with Gasteiger partial charge in [0.1, 0.15) is 10.6 Å². The molecule has 5 rings (SSSR count). The molecule has 0 amide bonds. The number of aromatic carboxylic acids is 1. The molecule has 1 N–H and O–H groups in total. The van der Waals surface area contributed by atoms with Crippen molar-refractivity contribution in [1.82, 2.24) is 4.98 Å². The number of para-hydroxylation sites is 1. The summed E-state index contributed by atoms with van der Waals surface area (Å²) in [5.41, 5.74) is 7.61. The number of benzene rings is 2. The molecule has 1 saturated carbocycles. The summed E-state index contributed by atoms with van der Waals surface area (Å²) in [7, 11) is 1.68. The van der Waals surface area contributed by atoms with Gasteiger partial charge in [-0.05, 0) is 91.3 Å². The highest BCUT2D eigenvalue weighted by atomic mass is 32.1. The molecule has 0 atom stereocenters. The van der Waals surface area contributed by atoms with Crippen molar-refractivity contribution in [2.45, 2.75) is 46.0 Å². The molecule has 184 valence electrons. The van der Waals surface area contributed by atoms with Crippen molar-refractivity contribution in [3.8, 4) is 17.0 Å². The summed E-state index contributed by atoms with van der Waals surface area (Å²) in [5.74, 6) is 0.414. The van der Waals surface area contributed by atoms with E-state index in [1.807, 2.05) is 43.3 Å². The average Bonchev–Trinajstić information content (AvgIpc) is 3.30. The number of methoxy groups -OCH3 is 1. The van der Waals surface area contributed by atoms with Crippen LogP contribution in [-0.2, 0) is 0 Å². The number of nitrogens with zero attached hydrogens (tertiary/aromatic N) is 1. The standard InChI is InChI=1S/C31H31NO3S/c1-19(30(21-9-5-4-6-10-21)25-18-29(31(33)34)36-20(25)2)22-13-15-26-23(17-22)14-16-27(32-26)24-11-7-8-12-28(24)35-3/h7-8,11-18,21H,4-6,9-10H2,1-3H3,(H,33,34)/b30-19+. The van der Waals surface area contributed by atoms with Crippen LogP contribution in [0.25, 0.3) is 33.3 Å². The topological polar surface area (TPSA) is 59.4 Å². The number of aryl methyl sites for hydroxylation is 1. The van der Waals surface area contributed by atoms with E-state index in [1.165, 1.54) is 41.7 Å². The summed E-state index contributed by atoms with van der Waals surface area (Å²) in [6.07, 6.45) is 6.04. The molecule has 2 heterocycles. The first-order valence-electron chi connectivity index (χ1n) is 12.6. The predicted molar refractivity (Wildman–Crippen MR) is 149 cm³/mol. The number of carboxylic acid groups (broad SMARTS) is 1. The Bertz CT molecular complexity index is 1460. The number of pyridine rings is 1. The van der Waals surface area contributed by atoms with Gasteiger partial charge in [0.25, 0.3) is 0 Å². The van der Waals surface area contributed by atoms with Gasteiger partial charge in [0.05, 0.1) is 18.3 Å². The number of aromatic nitrogens is 1. The molecule has 4 aromatic rings. The molecule has 0 bridgehead atoms. The lowest BCUT2D eigenvalue weighted by Gasteiger charge is -2.27. The van der Waals surface area contributed by atoms with Gasteiger partial charge in [-0.15, -0.1) is 11.3 Å². The predicted octanol–water partition coefficient (Wildman–Crippen LogP) is 8.49. The fourth-order valence-electron chi connectivity index (χ4n) is 5.49. The van der Waals surface area contributed by atoms with Crippen molar-refractivity contribution in [1.29, 1.82) is 0 Å². The summed E-state index contributed by atoms with van der Waals surface area (Å²) < 4.78 is 5.53. The van der Waals surface area contributed by atoms with Crippen LogP contribution in [0.3, 0.4) is 0 Å². The lowest BCUT2D eigenvalue weighted by Crippen LogP contribution is -2.10. The molecule has 0 unspecified atom stereocenters. The van der Waals surface area contributed by atoms with E-state index in [0.717, 1.165) is 56.8 Å². The number of ether oxygens (including phenoxy) is 1. The molecular weight excluding hydrogens is 466 g/mol. The Labute approximate surface area is 216 Å². The maximum Gasteiger partial charge on any atom is 0.345 e. The van der Waals surface area contributed by atoms with Gasteiger partial charge in [0, 0.05) is 15.8 Å². The number of thiophene rings is 1. The van der Waals surface area contributed by atoms with Crippen LogP contribution in [0.2, 0.25) is 0 Å². The summed E-state index contributed by atoms with van der Waals surface area (Å²) in [4.78, 5) is 18.1. The Morgan fingerprint density at radius 2 is 1.81 bits per heavy atom. The SMILES string of the molecule is COc1ccccc1-c1ccc2cc(/C(C)=C(/c3cc(C(=O)O)sc3C)C3CCCCC3)ccc2n1. The largest absolute Gasteiger partial charge is 0.496 e. The van der Waals surface area contributed by atoms with Crippen molar-refractivity contribution in [3.63, 3.8) is 0 Å². The maximum atomic E-state index is 11.7. The van der Waals surface area contributed by atoms with Crippen molar-refractivity contribution < 1.29 is 14.6 Å². The van der Waals surface area contributed by atoms with E-state index in [9.17, 15) is 9.90 Å². The highest BCUT2D eigenvalue weighted by molar-refractivity contribution is 7.14. The van der Waals surface area contributed by atoms with Crippen molar-refractivity contribution in [2.24, 2.45) is 5.92 Å². The molecule has 4 nitrogen and oxygen atoms in total. The molecule has 0 radical (unpaired) electrons. The minimum Gasteiger partial charge on any atom is -0.496 e. The van der Waals surface area contributed by atoms with Crippen LogP contribution in [0.5, 0.6) is 5.75 Å². The van der Waals surface area contributed by atoms with E-state index in [4.69, 9.17) is 9.72 Å². The van der Waals surface area contributed by atoms with Crippen LogP contribution in [0, 0.1) is 12.8 Å². The first kappa shape index (κ1) is 24.3. The molecule has 1 aliphatic rings. The smallest absolute Gasteiger partial charge is 0.345 e. The number of carbonyl (C=O) groups is 1. The summed E-state index contributed by atoms with van der Waals surface area (Å²) >= 11 is 1.38. The molecule has 1 aliphatic carbocycles. The van der Waals surface area contributed by atoms with Gasteiger partial charge in [-0.1, -0.05) is 43.5 Å². The number of fused-ring (bicyclic) bond motifs is 1. The quantitative estimate of drug-likeness (QED) is 0.290. The third kappa shape index (κ3) is 4.68. The van der Waals surface area contributed by atoms with Gasteiger partial charge >= 0.3 is 5.97 Å². The molecule has 0 saturated heterocycles. The van der Waals surface area contributed by atoms with Crippen molar-refractivity contribution in [3.05, 3.63) is 81.5 Å².